The van der Waals surface area contributed by atoms with Crippen molar-refractivity contribution in [1.82, 2.24) is 4.90 Å². The second kappa shape index (κ2) is 4.43. The predicted octanol–water partition coefficient (Wildman–Crippen LogP) is 1.07. The van der Waals surface area contributed by atoms with Gasteiger partial charge in [-0.25, -0.2) is 0 Å². The fourth-order valence-electron chi connectivity index (χ4n) is 0.913. The Morgan fingerprint density at radius 1 is 1.69 bits per heavy atom. The van der Waals surface area contributed by atoms with Crippen LogP contribution in [0.25, 0.3) is 0 Å². The average Bonchev–Trinajstić information content (AvgIpc) is 2.51. The number of carbonyl (C=O) groups excluding carboxylic acids is 1. The summed E-state index contributed by atoms with van der Waals surface area (Å²) in [5, 5.41) is 0. The quantitative estimate of drug-likeness (QED) is 0.869. The monoisotopic (exact) mass is 246 g/mol. The zero-order valence-corrected chi connectivity index (χ0v) is 8.87. The molecule has 0 saturated heterocycles. The highest BCUT2D eigenvalue weighted by Gasteiger charge is 2.14. The molecule has 0 fully saturated rings. The van der Waals surface area contributed by atoms with Crippen molar-refractivity contribution in [2.45, 2.75) is 0 Å². The van der Waals surface area contributed by atoms with E-state index < -0.39 is 0 Å². The first-order valence-corrected chi connectivity index (χ1v) is 4.65. The van der Waals surface area contributed by atoms with Gasteiger partial charge in [0.1, 0.15) is 0 Å². The van der Waals surface area contributed by atoms with E-state index in [1.165, 1.54) is 4.90 Å². The summed E-state index contributed by atoms with van der Waals surface area (Å²) in [5.74, 6) is 0.166. The molecule has 0 aliphatic rings. The molecule has 0 radical (unpaired) electrons. The molecule has 72 valence electrons. The third-order valence-electron chi connectivity index (χ3n) is 1.60. The topological polar surface area (TPSA) is 59.5 Å². The molecular weight excluding hydrogens is 236 g/mol. The van der Waals surface area contributed by atoms with Gasteiger partial charge < -0.3 is 15.1 Å². The molecule has 0 atom stereocenters. The predicted molar refractivity (Wildman–Crippen MR) is 52.4 cm³/mol. The van der Waals surface area contributed by atoms with E-state index in [9.17, 15) is 4.79 Å². The fourth-order valence-corrected chi connectivity index (χ4v) is 1.22. The Kier molecular flexibility index (Phi) is 3.50. The maximum absolute atomic E-state index is 11.5. The van der Waals surface area contributed by atoms with Crippen LogP contribution in [0.15, 0.2) is 21.2 Å². The van der Waals surface area contributed by atoms with Crippen LogP contribution in [-0.4, -0.2) is 30.9 Å². The summed E-state index contributed by atoms with van der Waals surface area (Å²) < 4.78 is 5.65. The Morgan fingerprint density at radius 2 is 2.38 bits per heavy atom. The van der Waals surface area contributed by atoms with Gasteiger partial charge in [-0.05, 0) is 28.1 Å². The smallest absolute Gasteiger partial charge is 0.289 e. The molecule has 0 aliphatic carbocycles. The Balaban J connectivity index is 2.67. The highest BCUT2D eigenvalue weighted by atomic mass is 79.9. The van der Waals surface area contributed by atoms with Crippen LogP contribution < -0.4 is 5.73 Å². The van der Waals surface area contributed by atoms with Crippen molar-refractivity contribution in [3.63, 3.8) is 0 Å². The molecule has 1 aromatic rings. The number of carbonyl (C=O) groups is 1. The number of hydrogen-bond acceptors (Lipinski definition) is 3. The largest absolute Gasteiger partial charge is 0.444 e. The van der Waals surface area contributed by atoms with Gasteiger partial charge in [0.05, 0.1) is 0 Å². The summed E-state index contributed by atoms with van der Waals surface area (Å²) in [7, 11) is 1.69. The molecule has 0 aliphatic heterocycles. The van der Waals surface area contributed by atoms with E-state index in [2.05, 4.69) is 15.9 Å². The van der Waals surface area contributed by atoms with Gasteiger partial charge >= 0.3 is 0 Å². The molecule has 4 nitrogen and oxygen atoms in total. The minimum absolute atomic E-state index is 0.156. The van der Waals surface area contributed by atoms with Crippen LogP contribution in [0.3, 0.4) is 0 Å². The summed E-state index contributed by atoms with van der Waals surface area (Å²) >= 11 is 3.13. The van der Waals surface area contributed by atoms with Crippen molar-refractivity contribution in [1.29, 1.82) is 0 Å². The Hall–Kier alpha value is -0.810. The van der Waals surface area contributed by atoms with E-state index in [1.807, 2.05) is 0 Å². The third-order valence-corrected chi connectivity index (χ3v) is 2.02. The summed E-state index contributed by atoms with van der Waals surface area (Å²) in [6.45, 7) is 0.973. The molecule has 1 heterocycles. The molecule has 0 saturated carbocycles. The number of halogens is 1. The number of furan rings is 1. The minimum atomic E-state index is -0.156. The zero-order chi connectivity index (χ0) is 9.84. The van der Waals surface area contributed by atoms with E-state index in [-0.39, 0.29) is 5.91 Å². The lowest BCUT2D eigenvalue weighted by Crippen LogP contribution is -2.31. The van der Waals surface area contributed by atoms with Gasteiger partial charge in [0, 0.05) is 20.1 Å². The molecular formula is C8H11BrN2O2. The van der Waals surface area contributed by atoms with E-state index in [0.29, 0.717) is 23.5 Å². The Bertz CT molecular complexity index is 298. The van der Waals surface area contributed by atoms with Crippen molar-refractivity contribution in [3.8, 4) is 0 Å². The van der Waals surface area contributed by atoms with Gasteiger partial charge in [0.2, 0.25) is 0 Å². The van der Waals surface area contributed by atoms with Crippen LogP contribution in [0, 0.1) is 0 Å². The number of amides is 1. The number of likely N-dealkylation sites (N-methyl/N-ethyl adjacent to an activating group) is 1. The van der Waals surface area contributed by atoms with Gasteiger partial charge in [0.25, 0.3) is 5.91 Å². The van der Waals surface area contributed by atoms with Crippen LogP contribution >= 0.6 is 15.9 Å². The maximum Gasteiger partial charge on any atom is 0.289 e. The number of nitrogens with two attached hydrogens (primary N) is 1. The van der Waals surface area contributed by atoms with Gasteiger partial charge in [-0.3, -0.25) is 4.79 Å². The van der Waals surface area contributed by atoms with Crippen LogP contribution in [-0.2, 0) is 0 Å². The first kappa shape index (κ1) is 10.3. The van der Waals surface area contributed by atoms with E-state index >= 15 is 0 Å². The molecule has 1 amide bonds. The van der Waals surface area contributed by atoms with Crippen LogP contribution in [0.1, 0.15) is 10.6 Å². The van der Waals surface area contributed by atoms with Crippen LogP contribution in [0.5, 0.6) is 0 Å². The summed E-state index contributed by atoms with van der Waals surface area (Å²) in [5.41, 5.74) is 5.32. The lowest BCUT2D eigenvalue weighted by Gasteiger charge is -2.13. The molecule has 0 spiro atoms. The van der Waals surface area contributed by atoms with Crippen molar-refractivity contribution < 1.29 is 9.21 Å². The lowest BCUT2D eigenvalue weighted by atomic mass is 10.4. The SMILES string of the molecule is CN(CCN)C(=O)c1ccc(Br)o1. The molecule has 0 unspecified atom stereocenters. The number of rotatable bonds is 3. The first-order valence-electron chi connectivity index (χ1n) is 3.86. The molecule has 1 rings (SSSR count). The summed E-state index contributed by atoms with van der Waals surface area (Å²) in [4.78, 5) is 13.0. The highest BCUT2D eigenvalue weighted by molar-refractivity contribution is 9.10. The van der Waals surface area contributed by atoms with Crippen LogP contribution in [0.2, 0.25) is 0 Å². The lowest BCUT2D eigenvalue weighted by molar-refractivity contribution is 0.0766. The van der Waals surface area contributed by atoms with Crippen molar-refractivity contribution in [2.75, 3.05) is 20.1 Å². The minimum Gasteiger partial charge on any atom is -0.444 e. The van der Waals surface area contributed by atoms with E-state index in [4.69, 9.17) is 10.2 Å². The standard InChI is InChI=1S/C8H11BrN2O2/c1-11(5-4-10)8(12)6-2-3-7(9)13-6/h2-3H,4-5,10H2,1H3. The van der Waals surface area contributed by atoms with Gasteiger partial charge in [-0.1, -0.05) is 0 Å². The van der Waals surface area contributed by atoms with E-state index in [1.54, 1.807) is 19.2 Å². The van der Waals surface area contributed by atoms with Gasteiger partial charge in [0.15, 0.2) is 10.4 Å². The van der Waals surface area contributed by atoms with Crippen molar-refractivity contribution in [3.05, 3.63) is 22.6 Å². The fraction of sp³-hybridized carbons (Fsp3) is 0.375. The second-order valence-electron chi connectivity index (χ2n) is 2.62. The molecule has 13 heavy (non-hydrogen) atoms. The van der Waals surface area contributed by atoms with E-state index in [0.717, 1.165) is 0 Å². The van der Waals surface area contributed by atoms with Gasteiger partial charge in [-0.15, -0.1) is 0 Å². The molecule has 0 bridgehead atoms. The third kappa shape index (κ3) is 2.57. The highest BCUT2D eigenvalue weighted by Crippen LogP contribution is 2.14. The molecule has 5 heteroatoms. The molecule has 2 N–H and O–H groups in total. The normalized spacial score (nSPS) is 10.1. The maximum atomic E-state index is 11.5. The van der Waals surface area contributed by atoms with Gasteiger partial charge in [-0.2, -0.15) is 0 Å². The summed E-state index contributed by atoms with van der Waals surface area (Å²) in [6.07, 6.45) is 0. The van der Waals surface area contributed by atoms with Crippen molar-refractivity contribution >= 4 is 21.8 Å². The Morgan fingerprint density at radius 3 is 2.85 bits per heavy atom. The average molecular weight is 247 g/mol. The molecule has 0 aromatic carbocycles. The van der Waals surface area contributed by atoms with Crippen molar-refractivity contribution in [2.24, 2.45) is 5.73 Å². The molecule has 1 aromatic heterocycles. The Labute approximate surface area is 84.8 Å². The number of nitrogens with zero attached hydrogens (tertiary/aromatic N) is 1. The zero-order valence-electron chi connectivity index (χ0n) is 7.29. The first-order chi connectivity index (χ1) is 6.15. The van der Waals surface area contributed by atoms with Crippen LogP contribution in [0.4, 0.5) is 0 Å². The number of hydrogen-bond donors (Lipinski definition) is 1. The summed E-state index contributed by atoms with van der Waals surface area (Å²) in [6, 6.07) is 3.31. The second-order valence-corrected chi connectivity index (χ2v) is 3.40.